The fourth-order valence-corrected chi connectivity index (χ4v) is 11.2. The van der Waals surface area contributed by atoms with Gasteiger partial charge in [0.2, 0.25) is 5.91 Å². The van der Waals surface area contributed by atoms with Crippen molar-refractivity contribution in [3.63, 3.8) is 0 Å². The van der Waals surface area contributed by atoms with Gasteiger partial charge in [0.1, 0.15) is 19.3 Å². The van der Waals surface area contributed by atoms with E-state index in [0.717, 1.165) is 77.0 Å². The number of nitrogens with one attached hydrogen (secondary N) is 1. The molecular formula is C75H139N2O7P. The Kier molecular flexibility index (Phi) is 62.5. The lowest BCUT2D eigenvalue weighted by molar-refractivity contribution is -0.870. The van der Waals surface area contributed by atoms with E-state index in [0.29, 0.717) is 17.4 Å². The van der Waals surface area contributed by atoms with Crippen molar-refractivity contribution >= 4 is 19.7 Å². The van der Waals surface area contributed by atoms with Crippen LogP contribution < -0.4 is 10.2 Å². The van der Waals surface area contributed by atoms with Gasteiger partial charge in [-0.05, 0) is 102 Å². The van der Waals surface area contributed by atoms with Gasteiger partial charge in [0.05, 0.1) is 33.8 Å². The number of phosphoric ester groups is 1. The first-order valence-electron chi connectivity index (χ1n) is 36.2. The first-order chi connectivity index (χ1) is 41.4. The largest absolute Gasteiger partial charge is 0.756 e. The van der Waals surface area contributed by atoms with Crippen LogP contribution in [0.1, 0.15) is 342 Å². The first kappa shape index (κ1) is 82.5. The van der Waals surface area contributed by atoms with Crippen molar-refractivity contribution in [3.8, 4) is 0 Å². The van der Waals surface area contributed by atoms with Crippen LogP contribution in [0, 0.1) is 0 Å². The number of allylic oxidation sites excluding steroid dienone is 11. The number of nitrogens with zero attached hydrogens (tertiary/aromatic N) is 1. The molecule has 9 nitrogen and oxygen atoms in total. The molecule has 0 spiro atoms. The zero-order valence-electron chi connectivity index (χ0n) is 56.8. The minimum absolute atomic E-state index is 0.0237. The number of carbonyl (C=O) groups is 2. The highest BCUT2D eigenvalue weighted by atomic mass is 31.2. The molecule has 85 heavy (non-hydrogen) atoms. The van der Waals surface area contributed by atoms with E-state index in [2.05, 4.69) is 86.8 Å². The molecule has 0 aliphatic rings. The van der Waals surface area contributed by atoms with Crippen molar-refractivity contribution in [2.24, 2.45) is 0 Å². The number of amides is 1. The molecule has 0 saturated carbocycles. The minimum Gasteiger partial charge on any atom is -0.756 e. The summed E-state index contributed by atoms with van der Waals surface area (Å²) in [5.41, 5.74) is 0. The van der Waals surface area contributed by atoms with Crippen LogP contribution in [-0.2, 0) is 27.9 Å². The molecule has 0 saturated heterocycles. The van der Waals surface area contributed by atoms with Crippen molar-refractivity contribution in [2.45, 2.75) is 354 Å². The summed E-state index contributed by atoms with van der Waals surface area (Å²) in [4.78, 5) is 40.2. The van der Waals surface area contributed by atoms with Crippen LogP contribution in [0.4, 0.5) is 0 Å². The molecule has 3 atom stereocenters. The fourth-order valence-electron chi connectivity index (χ4n) is 10.5. The smallest absolute Gasteiger partial charge is 0.306 e. The lowest BCUT2D eigenvalue weighted by atomic mass is 10.0. The van der Waals surface area contributed by atoms with E-state index < -0.39 is 20.0 Å². The quantitative estimate of drug-likeness (QED) is 0.0212. The summed E-state index contributed by atoms with van der Waals surface area (Å²) in [5.74, 6) is -0.536. The van der Waals surface area contributed by atoms with Gasteiger partial charge in [0, 0.05) is 12.8 Å². The van der Waals surface area contributed by atoms with Gasteiger partial charge in [-0.25, -0.2) is 0 Å². The molecule has 1 N–H and O–H groups in total. The molecule has 496 valence electrons. The monoisotopic (exact) mass is 1210 g/mol. The molecule has 0 radical (unpaired) electrons. The molecule has 0 fully saturated rings. The third kappa shape index (κ3) is 65.7. The van der Waals surface area contributed by atoms with Gasteiger partial charge in [-0.1, -0.05) is 299 Å². The maximum Gasteiger partial charge on any atom is 0.306 e. The van der Waals surface area contributed by atoms with Crippen molar-refractivity contribution in [1.82, 2.24) is 5.32 Å². The Balaban J connectivity index is 5.00. The van der Waals surface area contributed by atoms with E-state index in [4.69, 9.17) is 13.8 Å². The summed E-state index contributed by atoms with van der Waals surface area (Å²) in [6, 6.07) is -0.892. The van der Waals surface area contributed by atoms with Gasteiger partial charge < -0.3 is 28.5 Å². The fraction of sp³-hybridized carbons (Fsp3) is 0.813. The van der Waals surface area contributed by atoms with Gasteiger partial charge >= 0.3 is 5.97 Å². The van der Waals surface area contributed by atoms with E-state index in [1.54, 1.807) is 0 Å². The number of rotatable bonds is 66. The number of unbranched alkanes of at least 4 members (excludes halogenated alkanes) is 40. The maximum absolute atomic E-state index is 13.6. The Hall–Kier alpha value is -2.55. The predicted molar refractivity (Wildman–Crippen MR) is 367 cm³/mol. The second-order valence-electron chi connectivity index (χ2n) is 25.7. The molecule has 0 aliphatic heterocycles. The molecule has 10 heteroatoms. The molecule has 0 bridgehead atoms. The Labute approximate surface area is 527 Å². The number of hydrogen-bond acceptors (Lipinski definition) is 7. The third-order valence-electron chi connectivity index (χ3n) is 16.1. The Morgan fingerprint density at radius 1 is 0.412 bits per heavy atom. The van der Waals surface area contributed by atoms with Gasteiger partial charge in [-0.3, -0.25) is 14.2 Å². The number of carbonyl (C=O) groups excluding carboxylic acids is 2. The lowest BCUT2D eigenvalue weighted by Crippen LogP contribution is -2.47. The lowest BCUT2D eigenvalue weighted by Gasteiger charge is -2.30. The SMILES string of the molecule is CCCCC/C=C\C/C=C\C/C=C\C/C=C\CCCCCCCCCCCCCC(=O)OC(/C=C\CCCCCCCCCCC)C(COP(=O)([O-])OCC[N+](C)(C)C)NC(=O)CCCCCCCCCCCCC/C=C/CCCCCCCC. The standard InChI is InChI=1S/C75H139N2O7P/c1-7-10-13-16-19-22-25-27-29-31-33-35-36-37-38-39-40-42-44-46-48-50-53-56-59-62-65-68-75(79)84-73(66-63-60-57-54-51-24-21-18-15-12-9-3)72(71-83-85(80,81)82-70-69-77(4,5)6)76-74(78)67-64-61-58-55-52-49-47-45-43-41-34-32-30-28-26-23-20-17-14-11-8-2/h19,22,27-30,33,35,37-38,63,66,72-73H,7-18,20-21,23-26,31-32,34,36,39-62,64-65,67-71H2,1-6H3,(H-,76,78,80,81)/b22-19-,29-27-,30-28+,35-33-,38-37-,66-63-. The minimum atomic E-state index is -4.71. The van der Waals surface area contributed by atoms with E-state index in [-0.39, 0.29) is 31.5 Å². The summed E-state index contributed by atoms with van der Waals surface area (Å²) >= 11 is 0. The number of quaternary nitrogens is 1. The third-order valence-corrected chi connectivity index (χ3v) is 17.1. The molecule has 0 heterocycles. The van der Waals surface area contributed by atoms with E-state index in [9.17, 15) is 19.0 Å². The molecule has 0 aromatic heterocycles. The first-order valence-corrected chi connectivity index (χ1v) is 37.7. The van der Waals surface area contributed by atoms with Crippen LogP contribution in [0.2, 0.25) is 0 Å². The highest BCUT2D eigenvalue weighted by Crippen LogP contribution is 2.38. The summed E-state index contributed by atoms with van der Waals surface area (Å²) in [5, 5.41) is 3.04. The van der Waals surface area contributed by atoms with Crippen LogP contribution in [0.25, 0.3) is 0 Å². The summed E-state index contributed by atoms with van der Waals surface area (Å²) in [6.07, 6.45) is 84.5. The van der Waals surface area contributed by atoms with Crippen molar-refractivity contribution < 1.29 is 37.3 Å². The molecule has 3 unspecified atom stereocenters. The van der Waals surface area contributed by atoms with Gasteiger partial charge in [-0.15, -0.1) is 0 Å². The van der Waals surface area contributed by atoms with Crippen LogP contribution in [0.15, 0.2) is 72.9 Å². The Morgan fingerprint density at radius 3 is 1.11 bits per heavy atom. The average Bonchev–Trinajstić information content (AvgIpc) is 3.59. The number of likely N-dealkylation sites (N-methyl/N-ethyl adjacent to an activating group) is 1. The molecule has 0 aliphatic carbocycles. The Bertz CT molecular complexity index is 1680. The topological polar surface area (TPSA) is 114 Å². The molecular weight excluding hydrogens is 1070 g/mol. The molecule has 1 amide bonds. The summed E-state index contributed by atoms with van der Waals surface area (Å²) < 4.78 is 30.4. The second kappa shape index (κ2) is 64.4. The number of esters is 1. The summed E-state index contributed by atoms with van der Waals surface area (Å²) in [6.45, 7) is 6.84. The van der Waals surface area contributed by atoms with Crippen molar-refractivity contribution in [2.75, 3.05) is 40.9 Å². The van der Waals surface area contributed by atoms with Crippen molar-refractivity contribution in [3.05, 3.63) is 72.9 Å². The summed E-state index contributed by atoms with van der Waals surface area (Å²) in [7, 11) is 1.19. The van der Waals surface area contributed by atoms with E-state index >= 15 is 0 Å². The van der Waals surface area contributed by atoms with Gasteiger partial charge in [0.25, 0.3) is 7.82 Å². The maximum atomic E-state index is 13.6. The zero-order chi connectivity index (χ0) is 62.1. The second-order valence-corrected chi connectivity index (χ2v) is 27.1. The van der Waals surface area contributed by atoms with E-state index in [1.807, 2.05) is 33.3 Å². The normalized spacial score (nSPS) is 13.9. The number of ether oxygens (including phenoxy) is 1. The van der Waals surface area contributed by atoms with Crippen LogP contribution >= 0.6 is 7.82 Å². The number of phosphoric acid groups is 1. The predicted octanol–water partition coefficient (Wildman–Crippen LogP) is 22.5. The number of hydrogen-bond donors (Lipinski definition) is 1. The highest BCUT2D eigenvalue weighted by molar-refractivity contribution is 7.45. The molecule has 0 aromatic carbocycles. The van der Waals surface area contributed by atoms with Gasteiger partial charge in [-0.2, -0.15) is 0 Å². The van der Waals surface area contributed by atoms with Crippen LogP contribution in [0.5, 0.6) is 0 Å². The average molecular weight is 1210 g/mol. The zero-order valence-corrected chi connectivity index (χ0v) is 57.7. The van der Waals surface area contributed by atoms with Gasteiger partial charge in [0.15, 0.2) is 0 Å². The Morgan fingerprint density at radius 2 is 0.718 bits per heavy atom. The van der Waals surface area contributed by atoms with Crippen molar-refractivity contribution in [1.29, 1.82) is 0 Å². The highest BCUT2D eigenvalue weighted by Gasteiger charge is 2.27. The van der Waals surface area contributed by atoms with E-state index in [1.165, 1.54) is 231 Å². The molecule has 0 aromatic rings. The molecule has 0 rings (SSSR count). The van der Waals surface area contributed by atoms with Crippen LogP contribution in [-0.4, -0.2) is 69.4 Å². The van der Waals surface area contributed by atoms with Crippen LogP contribution in [0.3, 0.4) is 0 Å².